The van der Waals surface area contributed by atoms with Gasteiger partial charge in [0.15, 0.2) is 0 Å². The second-order valence-electron chi connectivity index (χ2n) is 5.55. The standard InChI is InChI=1S/C17H23N3O3/c1-5-23-16-7-6-14(8-13(16)10-21)19-17(22)15-9-18-20(11(2)3)12(15)4/h6-9,11,21H,5,10H2,1-4H3,(H,19,22). The highest BCUT2D eigenvalue weighted by Crippen LogP contribution is 2.24. The number of rotatable bonds is 6. The molecule has 6 heteroatoms. The van der Waals surface area contributed by atoms with E-state index in [9.17, 15) is 9.90 Å². The zero-order chi connectivity index (χ0) is 17.0. The first kappa shape index (κ1) is 17.0. The average molecular weight is 317 g/mol. The quantitative estimate of drug-likeness (QED) is 0.859. The summed E-state index contributed by atoms with van der Waals surface area (Å²) in [6.45, 7) is 8.16. The number of nitrogens with zero attached hydrogens (tertiary/aromatic N) is 2. The van der Waals surface area contributed by atoms with Crippen LogP contribution in [0.4, 0.5) is 5.69 Å². The van der Waals surface area contributed by atoms with Crippen LogP contribution in [-0.2, 0) is 6.61 Å². The molecule has 124 valence electrons. The summed E-state index contributed by atoms with van der Waals surface area (Å²) in [6.07, 6.45) is 1.58. The first-order valence-electron chi connectivity index (χ1n) is 7.70. The summed E-state index contributed by atoms with van der Waals surface area (Å²) < 4.78 is 7.25. The van der Waals surface area contributed by atoms with E-state index in [0.29, 0.717) is 29.2 Å². The van der Waals surface area contributed by atoms with E-state index in [0.717, 1.165) is 5.69 Å². The molecule has 2 rings (SSSR count). The van der Waals surface area contributed by atoms with E-state index in [1.165, 1.54) is 0 Å². The number of carbonyl (C=O) groups excluding carboxylic acids is 1. The molecule has 1 heterocycles. The van der Waals surface area contributed by atoms with Gasteiger partial charge in [-0.25, -0.2) is 0 Å². The van der Waals surface area contributed by atoms with Crippen LogP contribution in [-0.4, -0.2) is 27.4 Å². The minimum Gasteiger partial charge on any atom is -0.494 e. The Morgan fingerprint density at radius 2 is 2.17 bits per heavy atom. The lowest BCUT2D eigenvalue weighted by Crippen LogP contribution is -2.14. The fourth-order valence-electron chi connectivity index (χ4n) is 2.44. The number of carbonyl (C=O) groups is 1. The topological polar surface area (TPSA) is 76.4 Å². The highest BCUT2D eigenvalue weighted by molar-refractivity contribution is 6.05. The third kappa shape index (κ3) is 3.71. The summed E-state index contributed by atoms with van der Waals surface area (Å²) in [5, 5.41) is 16.5. The van der Waals surface area contributed by atoms with Gasteiger partial charge in [0, 0.05) is 23.0 Å². The van der Waals surface area contributed by atoms with E-state index in [1.54, 1.807) is 24.4 Å². The van der Waals surface area contributed by atoms with Crippen molar-refractivity contribution in [1.82, 2.24) is 9.78 Å². The van der Waals surface area contributed by atoms with Gasteiger partial charge in [0.1, 0.15) is 5.75 Å². The van der Waals surface area contributed by atoms with E-state index in [2.05, 4.69) is 10.4 Å². The fraction of sp³-hybridized carbons (Fsp3) is 0.412. The SMILES string of the molecule is CCOc1ccc(NC(=O)c2cnn(C(C)C)c2C)cc1CO. The average Bonchev–Trinajstić information content (AvgIpc) is 2.91. The van der Waals surface area contributed by atoms with Crippen molar-refractivity contribution in [2.45, 2.75) is 40.3 Å². The number of aliphatic hydroxyl groups excluding tert-OH is 1. The molecule has 0 radical (unpaired) electrons. The van der Waals surface area contributed by atoms with Crippen LogP contribution in [0.2, 0.25) is 0 Å². The number of amides is 1. The van der Waals surface area contributed by atoms with Crippen molar-refractivity contribution >= 4 is 11.6 Å². The lowest BCUT2D eigenvalue weighted by Gasteiger charge is -2.12. The monoisotopic (exact) mass is 317 g/mol. The van der Waals surface area contributed by atoms with Crippen LogP contribution in [0.15, 0.2) is 24.4 Å². The Labute approximate surface area is 136 Å². The van der Waals surface area contributed by atoms with Gasteiger partial charge >= 0.3 is 0 Å². The molecule has 0 bridgehead atoms. The number of anilines is 1. The Balaban J connectivity index is 2.20. The van der Waals surface area contributed by atoms with Crippen molar-refractivity contribution in [3.63, 3.8) is 0 Å². The van der Waals surface area contributed by atoms with E-state index in [4.69, 9.17) is 4.74 Å². The van der Waals surface area contributed by atoms with E-state index >= 15 is 0 Å². The fourth-order valence-corrected chi connectivity index (χ4v) is 2.44. The van der Waals surface area contributed by atoms with Crippen molar-refractivity contribution in [2.75, 3.05) is 11.9 Å². The van der Waals surface area contributed by atoms with E-state index < -0.39 is 0 Å². The maximum Gasteiger partial charge on any atom is 0.259 e. The molecular weight excluding hydrogens is 294 g/mol. The van der Waals surface area contributed by atoms with Gasteiger partial charge in [-0.05, 0) is 45.9 Å². The molecule has 23 heavy (non-hydrogen) atoms. The highest BCUT2D eigenvalue weighted by Gasteiger charge is 2.16. The molecule has 0 aliphatic rings. The minimum atomic E-state index is -0.220. The van der Waals surface area contributed by atoms with Crippen molar-refractivity contribution in [3.05, 3.63) is 41.2 Å². The van der Waals surface area contributed by atoms with Crippen LogP contribution in [0.3, 0.4) is 0 Å². The van der Waals surface area contributed by atoms with Crippen LogP contribution < -0.4 is 10.1 Å². The van der Waals surface area contributed by atoms with Crippen molar-refractivity contribution in [2.24, 2.45) is 0 Å². The lowest BCUT2D eigenvalue weighted by atomic mass is 10.1. The molecule has 2 aromatic rings. The molecule has 6 nitrogen and oxygen atoms in total. The summed E-state index contributed by atoms with van der Waals surface area (Å²) in [5.41, 5.74) is 2.61. The Morgan fingerprint density at radius 1 is 1.43 bits per heavy atom. The summed E-state index contributed by atoms with van der Waals surface area (Å²) in [6, 6.07) is 5.41. The zero-order valence-electron chi connectivity index (χ0n) is 14.0. The second kappa shape index (κ2) is 7.28. The summed E-state index contributed by atoms with van der Waals surface area (Å²) in [5.74, 6) is 0.402. The predicted octanol–water partition coefficient (Wildman–Crippen LogP) is 2.92. The first-order valence-corrected chi connectivity index (χ1v) is 7.70. The Bertz CT molecular complexity index is 692. The Morgan fingerprint density at radius 3 is 2.74 bits per heavy atom. The molecular formula is C17H23N3O3. The second-order valence-corrected chi connectivity index (χ2v) is 5.55. The minimum absolute atomic E-state index is 0.149. The maximum atomic E-state index is 12.4. The normalized spacial score (nSPS) is 10.9. The van der Waals surface area contributed by atoms with Gasteiger partial charge in [-0.15, -0.1) is 0 Å². The molecule has 0 aliphatic carbocycles. The third-order valence-corrected chi connectivity index (χ3v) is 3.57. The van der Waals surface area contributed by atoms with E-state index in [-0.39, 0.29) is 18.6 Å². The summed E-state index contributed by atoms with van der Waals surface area (Å²) in [4.78, 5) is 12.4. The Hall–Kier alpha value is -2.34. The van der Waals surface area contributed by atoms with Crippen LogP contribution in [0, 0.1) is 6.92 Å². The number of aromatic nitrogens is 2. The molecule has 0 spiro atoms. The molecule has 1 aromatic carbocycles. The van der Waals surface area contributed by atoms with Crippen LogP contribution in [0.25, 0.3) is 0 Å². The van der Waals surface area contributed by atoms with Gasteiger partial charge in [-0.2, -0.15) is 5.10 Å². The number of ether oxygens (including phenoxy) is 1. The Kier molecular flexibility index (Phi) is 5.39. The maximum absolute atomic E-state index is 12.4. The lowest BCUT2D eigenvalue weighted by molar-refractivity contribution is 0.102. The number of hydrogen-bond acceptors (Lipinski definition) is 4. The zero-order valence-corrected chi connectivity index (χ0v) is 14.0. The van der Waals surface area contributed by atoms with Gasteiger partial charge in [0.05, 0.1) is 25.0 Å². The molecule has 0 saturated heterocycles. The van der Waals surface area contributed by atoms with Gasteiger partial charge in [0.25, 0.3) is 5.91 Å². The molecule has 0 fully saturated rings. The molecule has 1 amide bonds. The van der Waals surface area contributed by atoms with Crippen molar-refractivity contribution in [3.8, 4) is 5.75 Å². The van der Waals surface area contributed by atoms with Crippen LogP contribution >= 0.6 is 0 Å². The van der Waals surface area contributed by atoms with Gasteiger partial charge in [0.2, 0.25) is 0 Å². The van der Waals surface area contributed by atoms with Crippen LogP contribution in [0.5, 0.6) is 5.75 Å². The summed E-state index contributed by atoms with van der Waals surface area (Å²) in [7, 11) is 0. The number of aliphatic hydroxyl groups is 1. The molecule has 0 aliphatic heterocycles. The number of benzene rings is 1. The highest BCUT2D eigenvalue weighted by atomic mass is 16.5. The number of hydrogen-bond donors (Lipinski definition) is 2. The van der Waals surface area contributed by atoms with E-state index in [1.807, 2.05) is 32.4 Å². The molecule has 0 atom stereocenters. The van der Waals surface area contributed by atoms with Gasteiger partial charge < -0.3 is 15.2 Å². The van der Waals surface area contributed by atoms with Gasteiger partial charge in [-0.1, -0.05) is 0 Å². The van der Waals surface area contributed by atoms with Gasteiger partial charge in [-0.3, -0.25) is 9.48 Å². The largest absolute Gasteiger partial charge is 0.494 e. The smallest absolute Gasteiger partial charge is 0.259 e. The predicted molar refractivity (Wildman–Crippen MR) is 88.8 cm³/mol. The number of nitrogens with one attached hydrogen (secondary N) is 1. The third-order valence-electron chi connectivity index (χ3n) is 3.57. The molecule has 0 unspecified atom stereocenters. The first-order chi connectivity index (χ1) is 11.0. The molecule has 1 aromatic heterocycles. The van der Waals surface area contributed by atoms with Crippen LogP contribution in [0.1, 0.15) is 48.4 Å². The summed E-state index contributed by atoms with van der Waals surface area (Å²) >= 11 is 0. The molecule has 2 N–H and O–H groups in total. The molecule has 0 saturated carbocycles. The van der Waals surface area contributed by atoms with Crippen molar-refractivity contribution < 1.29 is 14.6 Å². The van der Waals surface area contributed by atoms with Crippen molar-refractivity contribution in [1.29, 1.82) is 0 Å².